The Hall–Kier alpha value is -3.15. The number of rotatable bonds is 5. The fraction of sp³-hybridized carbons (Fsp3) is 0.318. The van der Waals surface area contributed by atoms with Gasteiger partial charge in [0.15, 0.2) is 0 Å². The van der Waals surface area contributed by atoms with Crippen molar-refractivity contribution in [2.45, 2.75) is 19.4 Å². The molecule has 0 atom stereocenters. The van der Waals surface area contributed by atoms with Crippen molar-refractivity contribution in [2.75, 3.05) is 32.1 Å². The maximum atomic E-state index is 12.4. The minimum Gasteiger partial charge on any atom is -0.371 e. The SMILES string of the molecule is CN(C)c1ncc(C(=O)NCc2ccc3c(c2)CCN(C2=CC=C2)CC3)cn1. The molecule has 6 nitrogen and oxygen atoms in total. The van der Waals surface area contributed by atoms with Gasteiger partial charge in [0.25, 0.3) is 5.91 Å². The first-order chi connectivity index (χ1) is 13.6. The minimum atomic E-state index is -0.157. The number of fused-ring (bicyclic) bond motifs is 1. The summed E-state index contributed by atoms with van der Waals surface area (Å²) in [6.45, 7) is 2.59. The normalized spacial score (nSPS) is 15.2. The topological polar surface area (TPSA) is 61.4 Å². The summed E-state index contributed by atoms with van der Waals surface area (Å²) in [4.78, 5) is 25.0. The Morgan fingerprint density at radius 3 is 2.50 bits per heavy atom. The molecule has 1 N–H and O–H groups in total. The first kappa shape index (κ1) is 18.2. The Bertz CT molecular complexity index is 930. The molecule has 0 unspecified atom stereocenters. The minimum absolute atomic E-state index is 0.157. The van der Waals surface area contributed by atoms with Crippen LogP contribution in [-0.4, -0.2) is 48.0 Å². The van der Waals surface area contributed by atoms with Gasteiger partial charge >= 0.3 is 0 Å². The molecule has 1 aromatic carbocycles. The third-order valence-corrected chi connectivity index (χ3v) is 5.23. The van der Waals surface area contributed by atoms with Crippen LogP contribution in [0.2, 0.25) is 0 Å². The summed E-state index contributed by atoms with van der Waals surface area (Å²) in [7, 11) is 3.74. The summed E-state index contributed by atoms with van der Waals surface area (Å²) < 4.78 is 0. The van der Waals surface area contributed by atoms with E-state index in [-0.39, 0.29) is 5.91 Å². The lowest BCUT2D eigenvalue weighted by Crippen LogP contribution is -2.26. The maximum absolute atomic E-state index is 12.4. The van der Waals surface area contributed by atoms with Gasteiger partial charge in [-0.3, -0.25) is 4.79 Å². The molecule has 2 aromatic rings. The quantitative estimate of drug-likeness (QED) is 0.869. The summed E-state index contributed by atoms with van der Waals surface area (Å²) >= 11 is 0. The molecule has 0 saturated carbocycles. The van der Waals surface area contributed by atoms with Gasteiger partial charge in [-0.25, -0.2) is 9.97 Å². The number of allylic oxidation sites excluding steroid dienone is 3. The van der Waals surface area contributed by atoms with E-state index in [1.54, 1.807) is 17.3 Å². The van der Waals surface area contributed by atoms with Gasteiger partial charge in [0.1, 0.15) is 0 Å². The van der Waals surface area contributed by atoms with E-state index in [2.05, 4.69) is 56.6 Å². The lowest BCUT2D eigenvalue weighted by molar-refractivity contribution is 0.0950. The number of nitrogens with zero attached hydrogens (tertiary/aromatic N) is 4. The summed E-state index contributed by atoms with van der Waals surface area (Å²) in [6, 6.07) is 6.55. The number of carbonyl (C=O) groups excluding carboxylic acids is 1. The van der Waals surface area contributed by atoms with Crippen LogP contribution in [0.25, 0.3) is 0 Å². The Morgan fingerprint density at radius 2 is 1.86 bits per heavy atom. The van der Waals surface area contributed by atoms with Gasteiger partial charge in [0, 0.05) is 51.8 Å². The van der Waals surface area contributed by atoms with Crippen molar-refractivity contribution in [3.8, 4) is 0 Å². The van der Waals surface area contributed by atoms with Crippen molar-refractivity contribution in [3.05, 3.63) is 76.8 Å². The molecule has 6 heteroatoms. The van der Waals surface area contributed by atoms with Gasteiger partial charge in [0.05, 0.1) is 5.56 Å². The number of anilines is 1. The standard InChI is InChI=1S/C22H25N5O/c1-26(2)22-24-14-19(15-25-22)21(28)23-13-16-6-7-17-8-10-27(20-4-3-5-20)11-9-18(17)12-16/h3-7,12,14-15H,8-11,13H2,1-2H3,(H,23,28). The van der Waals surface area contributed by atoms with Crippen molar-refractivity contribution in [1.29, 1.82) is 0 Å². The summed E-state index contributed by atoms with van der Waals surface area (Å²) in [5.74, 6) is 0.430. The zero-order valence-corrected chi connectivity index (χ0v) is 16.4. The van der Waals surface area contributed by atoms with Gasteiger partial charge < -0.3 is 15.1 Å². The molecule has 1 aliphatic heterocycles. The molecule has 1 amide bonds. The summed E-state index contributed by atoms with van der Waals surface area (Å²) in [5.41, 5.74) is 5.72. The average Bonchev–Trinajstić information content (AvgIpc) is 2.87. The molecule has 28 heavy (non-hydrogen) atoms. The lowest BCUT2D eigenvalue weighted by Gasteiger charge is -2.26. The van der Waals surface area contributed by atoms with Crippen LogP contribution >= 0.6 is 0 Å². The van der Waals surface area contributed by atoms with Crippen molar-refractivity contribution < 1.29 is 4.79 Å². The van der Waals surface area contributed by atoms with Crippen LogP contribution < -0.4 is 10.2 Å². The smallest absolute Gasteiger partial charge is 0.254 e. The van der Waals surface area contributed by atoms with E-state index in [9.17, 15) is 4.79 Å². The van der Waals surface area contributed by atoms with Crippen molar-refractivity contribution in [3.63, 3.8) is 0 Å². The van der Waals surface area contributed by atoms with Gasteiger partial charge in [-0.1, -0.05) is 24.3 Å². The second kappa shape index (κ2) is 7.84. The first-order valence-electron chi connectivity index (χ1n) is 9.62. The molecular weight excluding hydrogens is 350 g/mol. The van der Waals surface area contributed by atoms with Crippen LogP contribution in [0.5, 0.6) is 0 Å². The zero-order valence-electron chi connectivity index (χ0n) is 16.4. The molecule has 0 saturated heterocycles. The summed E-state index contributed by atoms with van der Waals surface area (Å²) in [5, 5.41) is 2.97. The third kappa shape index (κ3) is 3.91. The lowest BCUT2D eigenvalue weighted by atomic mass is 10.00. The molecule has 0 fully saturated rings. The number of carbonyl (C=O) groups is 1. The Balaban J connectivity index is 1.37. The number of hydrogen-bond donors (Lipinski definition) is 1. The molecule has 0 radical (unpaired) electrons. The van der Waals surface area contributed by atoms with E-state index in [1.165, 1.54) is 16.8 Å². The molecular formula is C22H25N5O. The highest BCUT2D eigenvalue weighted by Gasteiger charge is 2.17. The van der Waals surface area contributed by atoms with Crippen molar-refractivity contribution in [1.82, 2.24) is 20.2 Å². The number of benzene rings is 1. The Kier molecular flexibility index (Phi) is 5.10. The Labute approximate surface area is 165 Å². The fourth-order valence-electron chi connectivity index (χ4n) is 3.49. The monoisotopic (exact) mass is 375 g/mol. The zero-order chi connectivity index (χ0) is 19.5. The van der Waals surface area contributed by atoms with E-state index < -0.39 is 0 Å². The van der Waals surface area contributed by atoms with Crippen LogP contribution in [0.15, 0.2) is 54.5 Å². The fourth-order valence-corrected chi connectivity index (χ4v) is 3.49. The van der Waals surface area contributed by atoms with E-state index in [1.807, 2.05) is 14.1 Å². The molecule has 0 bridgehead atoms. The maximum Gasteiger partial charge on any atom is 0.254 e. The van der Waals surface area contributed by atoms with Crippen LogP contribution in [0, 0.1) is 0 Å². The second-order valence-corrected chi connectivity index (χ2v) is 7.39. The predicted molar refractivity (Wildman–Crippen MR) is 110 cm³/mol. The first-order valence-corrected chi connectivity index (χ1v) is 9.62. The number of aromatic nitrogens is 2. The summed E-state index contributed by atoms with van der Waals surface area (Å²) in [6.07, 6.45) is 11.6. The molecule has 1 aromatic heterocycles. The molecule has 2 heterocycles. The van der Waals surface area contributed by atoms with E-state index in [0.29, 0.717) is 18.1 Å². The highest BCUT2D eigenvalue weighted by Crippen LogP contribution is 2.22. The van der Waals surface area contributed by atoms with E-state index in [4.69, 9.17) is 0 Å². The highest BCUT2D eigenvalue weighted by atomic mass is 16.1. The van der Waals surface area contributed by atoms with Crippen molar-refractivity contribution >= 4 is 11.9 Å². The van der Waals surface area contributed by atoms with Gasteiger partial charge in [-0.05, 0) is 41.7 Å². The van der Waals surface area contributed by atoms with Crippen molar-refractivity contribution in [2.24, 2.45) is 0 Å². The third-order valence-electron chi connectivity index (χ3n) is 5.23. The largest absolute Gasteiger partial charge is 0.371 e. The van der Waals surface area contributed by atoms with E-state index >= 15 is 0 Å². The predicted octanol–water partition coefficient (Wildman–Crippen LogP) is 2.33. The molecule has 2 aliphatic rings. The Morgan fingerprint density at radius 1 is 1.14 bits per heavy atom. The average molecular weight is 375 g/mol. The van der Waals surface area contributed by atoms with E-state index in [0.717, 1.165) is 31.5 Å². The molecule has 144 valence electrons. The number of amides is 1. The van der Waals surface area contributed by atoms with Gasteiger partial charge in [-0.2, -0.15) is 0 Å². The van der Waals surface area contributed by atoms with Gasteiger partial charge in [-0.15, -0.1) is 0 Å². The van der Waals surface area contributed by atoms with Crippen LogP contribution in [-0.2, 0) is 19.4 Å². The van der Waals surface area contributed by atoms with Crippen LogP contribution in [0.4, 0.5) is 5.95 Å². The highest BCUT2D eigenvalue weighted by molar-refractivity contribution is 5.93. The van der Waals surface area contributed by atoms with Crippen LogP contribution in [0.1, 0.15) is 27.0 Å². The molecule has 4 rings (SSSR count). The van der Waals surface area contributed by atoms with Gasteiger partial charge in [0.2, 0.25) is 5.95 Å². The second-order valence-electron chi connectivity index (χ2n) is 7.39. The molecule has 1 aliphatic carbocycles. The van der Waals surface area contributed by atoms with Crippen LogP contribution in [0.3, 0.4) is 0 Å². The number of nitrogens with one attached hydrogen (secondary N) is 1. The molecule has 0 spiro atoms. The number of hydrogen-bond acceptors (Lipinski definition) is 5.